The van der Waals surface area contributed by atoms with E-state index in [2.05, 4.69) is 13.8 Å². The highest BCUT2D eigenvalue weighted by Gasteiger charge is 2.48. The average Bonchev–Trinajstić information content (AvgIpc) is 2.34. The minimum Gasteiger partial charge on any atom is -0.327 e. The first-order valence-electron chi connectivity index (χ1n) is 6.05. The molecule has 2 aliphatic carbocycles. The van der Waals surface area contributed by atoms with Gasteiger partial charge >= 0.3 is 0 Å². The van der Waals surface area contributed by atoms with Crippen LogP contribution in [0.1, 0.15) is 46.0 Å². The van der Waals surface area contributed by atoms with E-state index in [0.29, 0.717) is 6.04 Å². The van der Waals surface area contributed by atoms with E-state index in [9.17, 15) is 0 Å². The van der Waals surface area contributed by atoms with Crippen LogP contribution in [0.3, 0.4) is 0 Å². The normalized spacial score (nSPS) is 49.6. The van der Waals surface area contributed by atoms with E-state index in [1.807, 2.05) is 0 Å². The Hall–Kier alpha value is -0.0400. The summed E-state index contributed by atoms with van der Waals surface area (Å²) < 4.78 is 0. The summed E-state index contributed by atoms with van der Waals surface area (Å²) in [5.41, 5.74) is 6.32. The van der Waals surface area contributed by atoms with Gasteiger partial charge in [-0.3, -0.25) is 0 Å². The first kappa shape index (κ1) is 9.51. The van der Waals surface area contributed by atoms with E-state index in [1.54, 1.807) is 0 Å². The molecule has 2 rings (SSSR count). The van der Waals surface area contributed by atoms with Crippen LogP contribution >= 0.6 is 0 Å². The van der Waals surface area contributed by atoms with Crippen LogP contribution in [0.15, 0.2) is 0 Å². The Bertz CT molecular complexity index is 160. The molecular weight excluding hydrogens is 158 g/mol. The number of hydrogen-bond donors (Lipinski definition) is 1. The fourth-order valence-corrected chi connectivity index (χ4v) is 4.14. The second kappa shape index (κ2) is 3.61. The Morgan fingerprint density at radius 2 is 1.46 bits per heavy atom. The van der Waals surface area contributed by atoms with Gasteiger partial charge in [0.15, 0.2) is 0 Å². The topological polar surface area (TPSA) is 26.0 Å². The van der Waals surface area contributed by atoms with Gasteiger partial charge in [0.2, 0.25) is 0 Å². The maximum Gasteiger partial charge on any atom is 0.0101 e. The zero-order valence-corrected chi connectivity index (χ0v) is 9.00. The van der Waals surface area contributed by atoms with Crippen LogP contribution in [0.2, 0.25) is 0 Å². The zero-order chi connectivity index (χ0) is 9.42. The van der Waals surface area contributed by atoms with Crippen molar-refractivity contribution in [3.05, 3.63) is 0 Å². The molecule has 1 unspecified atom stereocenters. The van der Waals surface area contributed by atoms with Crippen molar-refractivity contribution in [3.8, 4) is 0 Å². The molecule has 5 atom stereocenters. The maximum atomic E-state index is 6.32. The monoisotopic (exact) mass is 181 g/mol. The van der Waals surface area contributed by atoms with Gasteiger partial charge in [-0.05, 0) is 36.5 Å². The Morgan fingerprint density at radius 3 is 1.85 bits per heavy atom. The van der Waals surface area contributed by atoms with Gasteiger partial charge in [-0.2, -0.15) is 0 Å². The highest BCUT2D eigenvalue weighted by atomic mass is 14.7. The summed E-state index contributed by atoms with van der Waals surface area (Å²) >= 11 is 0. The lowest BCUT2D eigenvalue weighted by Crippen LogP contribution is -2.36. The number of rotatable bonds is 2. The summed E-state index contributed by atoms with van der Waals surface area (Å²) in [6.45, 7) is 4.70. The lowest BCUT2D eigenvalue weighted by Gasteiger charge is -2.28. The summed E-state index contributed by atoms with van der Waals surface area (Å²) in [6, 6.07) is 0.545. The Morgan fingerprint density at radius 1 is 1.00 bits per heavy atom. The van der Waals surface area contributed by atoms with Crippen LogP contribution in [0, 0.1) is 23.7 Å². The fraction of sp³-hybridized carbons (Fsp3) is 1.00. The predicted molar refractivity (Wildman–Crippen MR) is 56.4 cm³/mol. The van der Waals surface area contributed by atoms with Crippen LogP contribution in [-0.4, -0.2) is 6.04 Å². The van der Waals surface area contributed by atoms with Crippen LogP contribution < -0.4 is 5.73 Å². The van der Waals surface area contributed by atoms with Crippen LogP contribution in [-0.2, 0) is 0 Å². The SMILES string of the molecule is CC[C@H]1[C@H](CC)[C@H]2CCC[C@@H]1C2N. The molecule has 0 aromatic heterocycles. The lowest BCUT2D eigenvalue weighted by molar-refractivity contribution is 0.275. The van der Waals surface area contributed by atoms with Crippen molar-refractivity contribution in [2.75, 3.05) is 0 Å². The molecule has 1 heteroatoms. The second-order valence-electron chi connectivity index (χ2n) is 4.98. The standard InChI is InChI=1S/C12H23N/c1-3-8-9(4-2)11-7-5-6-10(8)12(11)13/h8-12H,3-7,13H2,1-2H3/t8-,9-,10-,11+,12?/m0/s1. The molecule has 76 valence electrons. The van der Waals surface area contributed by atoms with Gasteiger partial charge in [-0.1, -0.05) is 33.1 Å². The van der Waals surface area contributed by atoms with Gasteiger partial charge in [0, 0.05) is 6.04 Å². The van der Waals surface area contributed by atoms with Gasteiger partial charge < -0.3 is 5.73 Å². The van der Waals surface area contributed by atoms with E-state index < -0.39 is 0 Å². The maximum absolute atomic E-state index is 6.32. The summed E-state index contributed by atoms with van der Waals surface area (Å²) in [5, 5.41) is 0. The zero-order valence-electron chi connectivity index (χ0n) is 9.00. The molecule has 2 saturated carbocycles. The van der Waals surface area contributed by atoms with Crippen LogP contribution in [0.5, 0.6) is 0 Å². The molecule has 0 saturated heterocycles. The van der Waals surface area contributed by atoms with Crippen LogP contribution in [0.4, 0.5) is 0 Å². The highest BCUT2D eigenvalue weighted by Crippen LogP contribution is 2.51. The van der Waals surface area contributed by atoms with E-state index in [1.165, 1.54) is 32.1 Å². The fourth-order valence-electron chi connectivity index (χ4n) is 4.14. The summed E-state index contributed by atoms with van der Waals surface area (Å²) in [7, 11) is 0. The molecule has 0 spiro atoms. The van der Waals surface area contributed by atoms with Crippen LogP contribution in [0.25, 0.3) is 0 Å². The molecule has 0 aromatic carbocycles. The molecule has 1 nitrogen and oxygen atoms in total. The lowest BCUT2D eigenvalue weighted by atomic mass is 9.82. The molecule has 0 amide bonds. The molecular formula is C12H23N. The number of nitrogens with two attached hydrogens (primary N) is 1. The van der Waals surface area contributed by atoms with Crippen molar-refractivity contribution >= 4 is 0 Å². The number of hydrogen-bond acceptors (Lipinski definition) is 1. The molecule has 0 aromatic rings. The first-order chi connectivity index (χ1) is 6.29. The molecule has 2 bridgehead atoms. The third kappa shape index (κ3) is 1.32. The third-order valence-corrected chi connectivity index (χ3v) is 4.66. The Kier molecular flexibility index (Phi) is 2.64. The Balaban J connectivity index is 2.18. The summed E-state index contributed by atoms with van der Waals surface area (Å²) in [4.78, 5) is 0. The summed E-state index contributed by atoms with van der Waals surface area (Å²) in [5.74, 6) is 3.64. The minimum atomic E-state index is 0.545. The van der Waals surface area contributed by atoms with E-state index in [-0.39, 0.29) is 0 Å². The third-order valence-electron chi connectivity index (χ3n) is 4.66. The molecule has 2 N–H and O–H groups in total. The van der Waals surface area contributed by atoms with Gasteiger partial charge in [-0.25, -0.2) is 0 Å². The van der Waals surface area contributed by atoms with E-state index >= 15 is 0 Å². The van der Waals surface area contributed by atoms with Crippen molar-refractivity contribution in [1.82, 2.24) is 0 Å². The average molecular weight is 181 g/mol. The summed E-state index contributed by atoms with van der Waals surface area (Å²) in [6.07, 6.45) is 6.97. The van der Waals surface area contributed by atoms with Crippen molar-refractivity contribution in [1.29, 1.82) is 0 Å². The predicted octanol–water partition coefficient (Wildman–Crippen LogP) is 2.80. The minimum absolute atomic E-state index is 0.545. The van der Waals surface area contributed by atoms with Crippen molar-refractivity contribution in [2.24, 2.45) is 29.4 Å². The van der Waals surface area contributed by atoms with E-state index in [0.717, 1.165) is 23.7 Å². The second-order valence-corrected chi connectivity index (χ2v) is 4.98. The van der Waals surface area contributed by atoms with Gasteiger partial charge in [-0.15, -0.1) is 0 Å². The van der Waals surface area contributed by atoms with Crippen molar-refractivity contribution < 1.29 is 0 Å². The molecule has 13 heavy (non-hydrogen) atoms. The smallest absolute Gasteiger partial charge is 0.0101 e. The van der Waals surface area contributed by atoms with Gasteiger partial charge in [0.25, 0.3) is 0 Å². The van der Waals surface area contributed by atoms with Crippen molar-refractivity contribution in [3.63, 3.8) is 0 Å². The van der Waals surface area contributed by atoms with Crippen molar-refractivity contribution in [2.45, 2.75) is 52.0 Å². The number of fused-ring (bicyclic) bond motifs is 2. The molecule has 0 aliphatic heterocycles. The molecule has 0 heterocycles. The van der Waals surface area contributed by atoms with E-state index in [4.69, 9.17) is 5.73 Å². The molecule has 2 fully saturated rings. The highest BCUT2D eigenvalue weighted by molar-refractivity contribution is 5.00. The van der Waals surface area contributed by atoms with Gasteiger partial charge in [0.1, 0.15) is 0 Å². The quantitative estimate of drug-likeness (QED) is 0.696. The van der Waals surface area contributed by atoms with Gasteiger partial charge in [0.05, 0.1) is 0 Å². The molecule has 2 aliphatic rings. The Labute approximate surface area is 82.1 Å². The first-order valence-corrected chi connectivity index (χ1v) is 6.05. The molecule has 0 radical (unpaired) electrons. The largest absolute Gasteiger partial charge is 0.327 e.